The molecule has 148 valence electrons. The van der Waals surface area contributed by atoms with Crippen LogP contribution >= 0.6 is 0 Å². The Bertz CT molecular complexity index is 656. The summed E-state index contributed by atoms with van der Waals surface area (Å²) in [7, 11) is 0. The highest BCUT2D eigenvalue weighted by atomic mass is 16.5. The summed E-state index contributed by atoms with van der Waals surface area (Å²) in [5.74, 6) is -1.18. The number of esters is 1. The zero-order valence-corrected chi connectivity index (χ0v) is 16.0. The lowest BCUT2D eigenvalue weighted by molar-refractivity contribution is -0.144. The van der Waals surface area contributed by atoms with Crippen molar-refractivity contribution in [2.75, 3.05) is 25.0 Å². The monoisotopic (exact) mass is 377 g/mol. The maximum Gasteiger partial charge on any atom is 0.306 e. The molecule has 0 aliphatic heterocycles. The highest BCUT2D eigenvalue weighted by Gasteiger charge is 2.10. The summed E-state index contributed by atoms with van der Waals surface area (Å²) >= 11 is 0. The van der Waals surface area contributed by atoms with Crippen molar-refractivity contribution >= 4 is 29.4 Å². The minimum atomic E-state index is -0.408. The van der Waals surface area contributed by atoms with E-state index in [4.69, 9.17) is 4.74 Å². The Morgan fingerprint density at radius 2 is 1.59 bits per heavy atom. The molecule has 0 fully saturated rings. The Morgan fingerprint density at radius 1 is 0.963 bits per heavy atom. The van der Waals surface area contributed by atoms with Gasteiger partial charge in [-0.05, 0) is 31.2 Å². The van der Waals surface area contributed by atoms with Crippen LogP contribution in [0.1, 0.15) is 44.0 Å². The van der Waals surface area contributed by atoms with E-state index in [9.17, 15) is 19.2 Å². The summed E-state index contributed by atoms with van der Waals surface area (Å²) in [5, 5.41) is 8.05. The van der Waals surface area contributed by atoms with Gasteiger partial charge in [0.1, 0.15) is 0 Å². The van der Waals surface area contributed by atoms with Crippen molar-refractivity contribution in [3.8, 4) is 0 Å². The molecule has 0 aliphatic rings. The van der Waals surface area contributed by atoms with Gasteiger partial charge in [0.15, 0.2) is 0 Å². The number of hydrogen-bond acceptors (Lipinski definition) is 5. The lowest BCUT2D eigenvalue weighted by atomic mass is 10.1. The molecule has 0 unspecified atom stereocenters. The molecule has 0 saturated carbocycles. The molecule has 1 aromatic rings. The van der Waals surface area contributed by atoms with Crippen molar-refractivity contribution in [1.82, 2.24) is 10.6 Å². The van der Waals surface area contributed by atoms with Gasteiger partial charge >= 0.3 is 5.97 Å². The smallest absolute Gasteiger partial charge is 0.306 e. The van der Waals surface area contributed by atoms with Crippen LogP contribution in [0, 0.1) is 5.92 Å². The molecule has 0 bridgehead atoms. The summed E-state index contributed by atoms with van der Waals surface area (Å²) in [4.78, 5) is 46.4. The first-order chi connectivity index (χ1) is 12.8. The topological polar surface area (TPSA) is 114 Å². The van der Waals surface area contributed by atoms with E-state index in [-0.39, 0.29) is 56.2 Å². The fraction of sp³-hybridized carbons (Fsp3) is 0.474. The highest BCUT2D eigenvalue weighted by molar-refractivity contribution is 5.96. The second kappa shape index (κ2) is 11.7. The number of nitrogens with one attached hydrogen (secondary N) is 3. The first-order valence-corrected chi connectivity index (χ1v) is 8.95. The molecule has 27 heavy (non-hydrogen) atoms. The van der Waals surface area contributed by atoms with Crippen LogP contribution in [0.25, 0.3) is 0 Å². The summed E-state index contributed by atoms with van der Waals surface area (Å²) < 4.78 is 4.74. The van der Waals surface area contributed by atoms with Crippen LogP contribution in [0.3, 0.4) is 0 Å². The summed E-state index contributed by atoms with van der Waals surface area (Å²) in [5.41, 5.74) is 1.07. The number of amides is 3. The molecule has 1 aromatic carbocycles. The highest BCUT2D eigenvalue weighted by Crippen LogP contribution is 2.11. The molecule has 8 nitrogen and oxygen atoms in total. The minimum Gasteiger partial charge on any atom is -0.466 e. The van der Waals surface area contributed by atoms with E-state index in [0.29, 0.717) is 11.3 Å². The van der Waals surface area contributed by atoms with Crippen LogP contribution in [0.5, 0.6) is 0 Å². The van der Waals surface area contributed by atoms with Crippen LogP contribution in [0.2, 0.25) is 0 Å². The average Bonchev–Trinajstić information content (AvgIpc) is 2.64. The van der Waals surface area contributed by atoms with Gasteiger partial charge in [0.05, 0.1) is 13.0 Å². The largest absolute Gasteiger partial charge is 0.466 e. The SMILES string of the molecule is CCOC(=O)CCC(=O)NCCNC(=O)c1ccc(NC(=O)C(C)C)cc1. The van der Waals surface area contributed by atoms with Gasteiger partial charge in [-0.1, -0.05) is 13.8 Å². The van der Waals surface area contributed by atoms with Crippen LogP contribution in [-0.2, 0) is 19.1 Å². The third-order valence-corrected chi connectivity index (χ3v) is 3.53. The van der Waals surface area contributed by atoms with Gasteiger partial charge in [-0.2, -0.15) is 0 Å². The van der Waals surface area contributed by atoms with Crippen molar-refractivity contribution in [1.29, 1.82) is 0 Å². The van der Waals surface area contributed by atoms with Gasteiger partial charge in [-0.15, -0.1) is 0 Å². The molecule has 0 aromatic heterocycles. The molecule has 0 radical (unpaired) electrons. The maximum absolute atomic E-state index is 12.0. The van der Waals surface area contributed by atoms with E-state index < -0.39 is 5.97 Å². The Morgan fingerprint density at radius 3 is 2.19 bits per heavy atom. The predicted octanol–water partition coefficient (Wildman–Crippen LogP) is 1.47. The van der Waals surface area contributed by atoms with Gasteiger partial charge < -0.3 is 20.7 Å². The Hall–Kier alpha value is -2.90. The summed E-state index contributed by atoms with van der Waals surface area (Å²) in [6, 6.07) is 6.55. The molecule has 0 atom stereocenters. The van der Waals surface area contributed by atoms with Crippen molar-refractivity contribution in [2.45, 2.75) is 33.6 Å². The Labute approximate surface area is 159 Å². The molecular weight excluding hydrogens is 350 g/mol. The molecule has 1 rings (SSSR count). The molecular formula is C19H27N3O5. The van der Waals surface area contributed by atoms with Gasteiger partial charge in [-0.25, -0.2) is 0 Å². The van der Waals surface area contributed by atoms with Crippen LogP contribution < -0.4 is 16.0 Å². The number of carbonyl (C=O) groups is 4. The van der Waals surface area contributed by atoms with Gasteiger partial charge in [-0.3, -0.25) is 19.2 Å². The van der Waals surface area contributed by atoms with E-state index in [2.05, 4.69) is 16.0 Å². The predicted molar refractivity (Wildman–Crippen MR) is 101 cm³/mol. The lowest BCUT2D eigenvalue weighted by Gasteiger charge is -2.09. The maximum atomic E-state index is 12.0. The second-order valence-electron chi connectivity index (χ2n) is 6.13. The van der Waals surface area contributed by atoms with Crippen LogP contribution in [0.15, 0.2) is 24.3 Å². The number of benzene rings is 1. The molecule has 3 N–H and O–H groups in total. The molecule has 8 heteroatoms. The average molecular weight is 377 g/mol. The van der Waals surface area contributed by atoms with E-state index in [1.54, 1.807) is 45.0 Å². The quantitative estimate of drug-likeness (QED) is 0.422. The zero-order chi connectivity index (χ0) is 20.2. The second-order valence-corrected chi connectivity index (χ2v) is 6.13. The molecule has 0 spiro atoms. The van der Waals surface area contributed by atoms with E-state index in [1.807, 2.05) is 0 Å². The molecule has 0 heterocycles. The van der Waals surface area contributed by atoms with Gasteiger partial charge in [0.2, 0.25) is 11.8 Å². The normalized spacial score (nSPS) is 10.2. The molecule has 3 amide bonds. The number of carbonyl (C=O) groups excluding carboxylic acids is 4. The standard InChI is InChI=1S/C19H27N3O5/c1-4-27-17(24)10-9-16(23)20-11-12-21-19(26)14-5-7-15(8-6-14)22-18(25)13(2)3/h5-8,13H,4,9-12H2,1-3H3,(H,20,23)(H,21,26)(H,22,25). The van der Waals surface area contributed by atoms with Crippen LogP contribution in [0.4, 0.5) is 5.69 Å². The number of anilines is 1. The molecule has 0 aliphatic carbocycles. The Balaban J connectivity index is 2.29. The lowest BCUT2D eigenvalue weighted by Crippen LogP contribution is -2.34. The first-order valence-electron chi connectivity index (χ1n) is 8.95. The van der Waals surface area contributed by atoms with E-state index >= 15 is 0 Å². The van der Waals surface area contributed by atoms with E-state index in [0.717, 1.165) is 0 Å². The third kappa shape index (κ3) is 8.84. The number of hydrogen-bond donors (Lipinski definition) is 3. The first kappa shape index (κ1) is 22.1. The van der Waals surface area contributed by atoms with Crippen molar-refractivity contribution in [2.24, 2.45) is 5.92 Å². The van der Waals surface area contributed by atoms with E-state index in [1.165, 1.54) is 0 Å². The van der Waals surface area contributed by atoms with Gasteiger partial charge in [0, 0.05) is 36.7 Å². The number of ether oxygens (including phenoxy) is 1. The van der Waals surface area contributed by atoms with Gasteiger partial charge in [0.25, 0.3) is 5.91 Å². The number of rotatable bonds is 10. The summed E-state index contributed by atoms with van der Waals surface area (Å²) in [6.45, 7) is 6.11. The molecule has 0 saturated heterocycles. The van der Waals surface area contributed by atoms with Crippen molar-refractivity contribution in [3.63, 3.8) is 0 Å². The fourth-order valence-electron chi connectivity index (χ4n) is 2.01. The van der Waals surface area contributed by atoms with Crippen molar-refractivity contribution in [3.05, 3.63) is 29.8 Å². The van der Waals surface area contributed by atoms with Crippen molar-refractivity contribution < 1.29 is 23.9 Å². The third-order valence-electron chi connectivity index (χ3n) is 3.53. The zero-order valence-electron chi connectivity index (χ0n) is 16.0. The minimum absolute atomic E-state index is 0.0335. The summed E-state index contributed by atoms with van der Waals surface area (Å²) in [6.07, 6.45) is 0.0854. The van der Waals surface area contributed by atoms with Crippen LogP contribution in [-0.4, -0.2) is 43.4 Å². The fourth-order valence-corrected chi connectivity index (χ4v) is 2.01. The Kier molecular flexibility index (Phi) is 9.57.